The minimum Gasteiger partial charge on any atom is -0.491 e. The number of Topliss-reactive ketones (excluding diaryl/α,β-unsaturated/α-hetero) is 1. The van der Waals surface area contributed by atoms with Crippen LogP contribution >= 0.6 is 0 Å². The van der Waals surface area contributed by atoms with Gasteiger partial charge in [-0.15, -0.1) is 0 Å². The monoisotopic (exact) mass is 306 g/mol. The van der Waals surface area contributed by atoms with Crippen LogP contribution in [0.25, 0.3) is 0 Å². The van der Waals surface area contributed by atoms with Crippen LogP contribution in [0.15, 0.2) is 24.3 Å². The smallest absolute Gasteiger partial charge is 0.159 e. The number of rotatable bonds is 7. The van der Waals surface area contributed by atoms with Gasteiger partial charge in [-0.3, -0.25) is 9.69 Å². The molecule has 1 fully saturated rings. The molecule has 1 aliphatic heterocycles. The zero-order valence-electron chi connectivity index (χ0n) is 13.5. The minimum absolute atomic E-state index is 0.0137. The van der Waals surface area contributed by atoms with Crippen molar-refractivity contribution in [2.75, 3.05) is 45.9 Å². The molecule has 5 heteroatoms. The summed E-state index contributed by atoms with van der Waals surface area (Å²) in [6.45, 7) is 9.77. The summed E-state index contributed by atoms with van der Waals surface area (Å²) in [5.74, 6) is 0.641. The van der Waals surface area contributed by atoms with Crippen molar-refractivity contribution in [3.05, 3.63) is 29.8 Å². The zero-order chi connectivity index (χ0) is 15.9. The third kappa shape index (κ3) is 5.09. The van der Waals surface area contributed by atoms with E-state index in [0.29, 0.717) is 17.9 Å². The highest BCUT2D eigenvalue weighted by atomic mass is 16.5. The molecule has 0 saturated carbocycles. The van der Waals surface area contributed by atoms with Gasteiger partial charge in [0.15, 0.2) is 5.78 Å². The lowest BCUT2D eigenvalue weighted by Crippen LogP contribution is -2.49. The van der Waals surface area contributed by atoms with Crippen LogP contribution in [0.5, 0.6) is 5.75 Å². The van der Waals surface area contributed by atoms with E-state index in [0.717, 1.165) is 32.7 Å². The van der Waals surface area contributed by atoms with Crippen molar-refractivity contribution in [2.24, 2.45) is 0 Å². The first kappa shape index (κ1) is 16.9. The molecule has 0 spiro atoms. The summed E-state index contributed by atoms with van der Waals surface area (Å²) in [6.07, 6.45) is -0.519. The molecular formula is C17H26N2O3. The van der Waals surface area contributed by atoms with Crippen molar-refractivity contribution in [3.63, 3.8) is 0 Å². The fourth-order valence-corrected chi connectivity index (χ4v) is 2.64. The average Bonchev–Trinajstić information content (AvgIpc) is 2.54. The highest BCUT2D eigenvalue weighted by Gasteiger charge is 2.18. The molecule has 2 rings (SSSR count). The Morgan fingerprint density at radius 3 is 2.59 bits per heavy atom. The van der Waals surface area contributed by atoms with Gasteiger partial charge in [-0.2, -0.15) is 0 Å². The van der Waals surface area contributed by atoms with Crippen LogP contribution in [-0.2, 0) is 0 Å². The van der Waals surface area contributed by atoms with Gasteiger partial charge in [0, 0.05) is 38.3 Å². The largest absolute Gasteiger partial charge is 0.491 e. The summed E-state index contributed by atoms with van der Waals surface area (Å²) in [7, 11) is 0. The number of likely N-dealkylation sites (N-methyl/N-ethyl adjacent to an activating group) is 1. The Labute approximate surface area is 132 Å². The predicted octanol–water partition coefficient (Wildman–Crippen LogP) is 1.27. The molecule has 22 heavy (non-hydrogen) atoms. The molecule has 0 amide bonds. The number of ketones is 1. The van der Waals surface area contributed by atoms with Gasteiger partial charge >= 0.3 is 0 Å². The normalized spacial score (nSPS) is 18.1. The highest BCUT2D eigenvalue weighted by Crippen LogP contribution is 2.14. The van der Waals surface area contributed by atoms with Gasteiger partial charge in [0.1, 0.15) is 18.5 Å². The summed E-state index contributed by atoms with van der Waals surface area (Å²) in [5.41, 5.74) is 0.627. The average molecular weight is 306 g/mol. The second-order valence-corrected chi connectivity index (χ2v) is 5.78. The van der Waals surface area contributed by atoms with E-state index in [1.807, 2.05) is 0 Å². The molecule has 1 aliphatic rings. The lowest BCUT2D eigenvalue weighted by Gasteiger charge is -2.34. The van der Waals surface area contributed by atoms with E-state index >= 15 is 0 Å². The molecule has 5 nitrogen and oxygen atoms in total. The third-order valence-corrected chi connectivity index (χ3v) is 4.06. The molecular weight excluding hydrogens is 280 g/mol. The minimum atomic E-state index is -0.519. The Hall–Kier alpha value is -1.43. The quantitative estimate of drug-likeness (QED) is 0.769. The Kier molecular flexibility index (Phi) is 6.36. The van der Waals surface area contributed by atoms with E-state index in [1.54, 1.807) is 24.3 Å². The van der Waals surface area contributed by atoms with Crippen molar-refractivity contribution < 1.29 is 14.6 Å². The van der Waals surface area contributed by atoms with Crippen molar-refractivity contribution >= 4 is 5.78 Å². The first-order chi connectivity index (χ1) is 10.6. The van der Waals surface area contributed by atoms with Gasteiger partial charge in [0.25, 0.3) is 0 Å². The zero-order valence-corrected chi connectivity index (χ0v) is 13.5. The van der Waals surface area contributed by atoms with Crippen LogP contribution in [0.1, 0.15) is 24.2 Å². The number of aliphatic hydroxyl groups excluding tert-OH is 1. The van der Waals surface area contributed by atoms with E-state index in [2.05, 4.69) is 16.7 Å². The Morgan fingerprint density at radius 2 is 1.95 bits per heavy atom. The number of piperazine rings is 1. The second kappa shape index (κ2) is 8.27. The van der Waals surface area contributed by atoms with Crippen LogP contribution < -0.4 is 4.74 Å². The van der Waals surface area contributed by atoms with Crippen LogP contribution in [0.2, 0.25) is 0 Å². The number of aliphatic hydroxyl groups is 1. The van der Waals surface area contributed by atoms with Crippen molar-refractivity contribution in [3.8, 4) is 5.75 Å². The Morgan fingerprint density at radius 1 is 1.27 bits per heavy atom. The molecule has 1 unspecified atom stereocenters. The molecule has 0 bridgehead atoms. The lowest BCUT2D eigenvalue weighted by molar-refractivity contribution is 0.0471. The number of carbonyl (C=O) groups excluding carboxylic acids is 1. The summed E-state index contributed by atoms with van der Waals surface area (Å²) in [5, 5.41) is 10.1. The van der Waals surface area contributed by atoms with E-state index in [9.17, 15) is 9.90 Å². The molecule has 1 aromatic rings. The maximum Gasteiger partial charge on any atom is 0.159 e. The number of ether oxygens (including phenoxy) is 1. The number of hydrogen-bond acceptors (Lipinski definition) is 5. The Bertz CT molecular complexity index is 485. The van der Waals surface area contributed by atoms with Crippen molar-refractivity contribution in [2.45, 2.75) is 20.0 Å². The highest BCUT2D eigenvalue weighted by molar-refractivity contribution is 5.94. The summed E-state index contributed by atoms with van der Waals surface area (Å²) in [6, 6.07) is 7.08. The number of benzene rings is 1. The van der Waals surface area contributed by atoms with E-state index < -0.39 is 6.10 Å². The van der Waals surface area contributed by atoms with E-state index in [-0.39, 0.29) is 12.4 Å². The molecule has 0 radical (unpaired) electrons. The summed E-state index contributed by atoms with van der Waals surface area (Å²) >= 11 is 0. The number of carbonyl (C=O) groups is 1. The van der Waals surface area contributed by atoms with Crippen LogP contribution in [0, 0.1) is 0 Å². The predicted molar refractivity (Wildman–Crippen MR) is 86.5 cm³/mol. The molecule has 0 aromatic heterocycles. The number of nitrogens with zero attached hydrogens (tertiary/aromatic N) is 2. The summed E-state index contributed by atoms with van der Waals surface area (Å²) < 4.78 is 5.60. The maximum absolute atomic E-state index is 11.3. The first-order valence-corrected chi connectivity index (χ1v) is 7.95. The van der Waals surface area contributed by atoms with Gasteiger partial charge < -0.3 is 14.7 Å². The van der Waals surface area contributed by atoms with Gasteiger partial charge in [-0.25, -0.2) is 0 Å². The molecule has 1 aromatic carbocycles. The molecule has 122 valence electrons. The van der Waals surface area contributed by atoms with Crippen LogP contribution in [-0.4, -0.2) is 72.7 Å². The SMILES string of the molecule is CCN1CCN(CC(O)COc2cccc(C(C)=O)c2)CC1. The van der Waals surface area contributed by atoms with Gasteiger partial charge in [-0.05, 0) is 25.6 Å². The third-order valence-electron chi connectivity index (χ3n) is 4.06. The van der Waals surface area contributed by atoms with Gasteiger partial charge in [-0.1, -0.05) is 19.1 Å². The molecule has 1 N–H and O–H groups in total. The fourth-order valence-electron chi connectivity index (χ4n) is 2.64. The maximum atomic E-state index is 11.3. The van der Waals surface area contributed by atoms with Gasteiger partial charge in [0.2, 0.25) is 0 Å². The molecule has 1 heterocycles. The molecule has 1 saturated heterocycles. The van der Waals surface area contributed by atoms with Gasteiger partial charge in [0.05, 0.1) is 0 Å². The standard InChI is InChI=1S/C17H26N2O3/c1-3-18-7-9-19(10-8-18)12-16(21)13-22-17-6-4-5-15(11-17)14(2)20/h4-6,11,16,21H,3,7-10,12-13H2,1-2H3. The van der Waals surface area contributed by atoms with Crippen LogP contribution in [0.3, 0.4) is 0 Å². The lowest BCUT2D eigenvalue weighted by atomic mass is 10.1. The van der Waals surface area contributed by atoms with E-state index in [1.165, 1.54) is 6.92 Å². The van der Waals surface area contributed by atoms with Crippen molar-refractivity contribution in [1.82, 2.24) is 9.80 Å². The number of hydrogen-bond donors (Lipinski definition) is 1. The second-order valence-electron chi connectivity index (χ2n) is 5.78. The Balaban J connectivity index is 1.75. The molecule has 1 atom stereocenters. The molecule has 0 aliphatic carbocycles. The first-order valence-electron chi connectivity index (χ1n) is 7.95. The number of β-amino-alcohol motifs (C(OH)–C–C–N with tert-alkyl or cyclic N) is 1. The topological polar surface area (TPSA) is 53.0 Å². The van der Waals surface area contributed by atoms with Crippen molar-refractivity contribution in [1.29, 1.82) is 0 Å². The summed E-state index contributed by atoms with van der Waals surface area (Å²) in [4.78, 5) is 16.0. The van der Waals surface area contributed by atoms with Crippen LogP contribution in [0.4, 0.5) is 0 Å². The fraction of sp³-hybridized carbons (Fsp3) is 0.588. The van der Waals surface area contributed by atoms with E-state index in [4.69, 9.17) is 4.74 Å².